The third-order valence-electron chi connectivity index (χ3n) is 4.58. The van der Waals surface area contributed by atoms with Gasteiger partial charge in [-0.15, -0.1) is 11.3 Å². The number of likely N-dealkylation sites (N-methyl/N-ethyl adjacent to an activating group) is 1. The Morgan fingerprint density at radius 2 is 2.08 bits per heavy atom. The van der Waals surface area contributed by atoms with Gasteiger partial charge < -0.3 is 10.6 Å². The summed E-state index contributed by atoms with van der Waals surface area (Å²) in [5.74, 6) is -0.0781. The third-order valence-corrected chi connectivity index (χ3v) is 5.82. The van der Waals surface area contributed by atoms with E-state index >= 15 is 0 Å². The molecule has 2 N–H and O–H groups in total. The van der Waals surface area contributed by atoms with Crippen LogP contribution in [0.3, 0.4) is 0 Å². The molecule has 7 heteroatoms. The van der Waals surface area contributed by atoms with Crippen molar-refractivity contribution in [1.29, 1.82) is 0 Å². The van der Waals surface area contributed by atoms with E-state index in [1.54, 1.807) is 6.07 Å². The van der Waals surface area contributed by atoms with Gasteiger partial charge in [0.05, 0.1) is 10.9 Å². The Hall–Kier alpha value is -1.89. The number of likely N-dealkylation sites (tertiary alicyclic amines) is 1. The molecule has 1 aromatic heterocycles. The monoisotopic (exact) mass is 391 g/mol. The van der Waals surface area contributed by atoms with Crippen molar-refractivity contribution in [2.75, 3.05) is 20.1 Å². The van der Waals surface area contributed by atoms with Crippen LogP contribution in [0.15, 0.2) is 41.8 Å². The number of amides is 2. The highest BCUT2D eigenvalue weighted by Crippen LogP contribution is 2.18. The van der Waals surface area contributed by atoms with Crippen molar-refractivity contribution in [2.24, 2.45) is 0 Å². The lowest BCUT2D eigenvalue weighted by atomic mass is 10.1. The molecular weight excluding hydrogens is 370 g/mol. The molecule has 1 aliphatic heterocycles. The molecule has 1 aliphatic rings. The van der Waals surface area contributed by atoms with Crippen LogP contribution in [0.4, 0.5) is 0 Å². The van der Waals surface area contributed by atoms with Gasteiger partial charge in [-0.05, 0) is 43.0 Å². The number of nitrogens with one attached hydrogen (secondary N) is 2. The summed E-state index contributed by atoms with van der Waals surface area (Å²) in [6.45, 7) is 1.21. The topological polar surface area (TPSA) is 61.4 Å². The van der Waals surface area contributed by atoms with Crippen LogP contribution < -0.4 is 10.6 Å². The van der Waals surface area contributed by atoms with Crippen molar-refractivity contribution in [3.63, 3.8) is 0 Å². The Kier molecular flexibility index (Phi) is 6.29. The highest BCUT2D eigenvalue weighted by atomic mass is 35.5. The zero-order chi connectivity index (χ0) is 18.5. The summed E-state index contributed by atoms with van der Waals surface area (Å²) < 4.78 is 0. The van der Waals surface area contributed by atoms with E-state index in [0.717, 1.165) is 10.6 Å². The van der Waals surface area contributed by atoms with Gasteiger partial charge in [-0.3, -0.25) is 14.5 Å². The molecule has 0 bridgehead atoms. The number of hydrogen-bond acceptors (Lipinski definition) is 4. The molecule has 3 rings (SSSR count). The second-order valence-electron chi connectivity index (χ2n) is 6.47. The first-order valence-corrected chi connectivity index (χ1v) is 9.86. The van der Waals surface area contributed by atoms with Crippen LogP contribution in [0.5, 0.6) is 0 Å². The van der Waals surface area contributed by atoms with Gasteiger partial charge in [-0.1, -0.05) is 35.9 Å². The van der Waals surface area contributed by atoms with Gasteiger partial charge in [0.15, 0.2) is 0 Å². The van der Waals surface area contributed by atoms with Gasteiger partial charge in [0.2, 0.25) is 5.91 Å². The molecule has 26 heavy (non-hydrogen) atoms. The van der Waals surface area contributed by atoms with Crippen molar-refractivity contribution < 1.29 is 9.59 Å². The van der Waals surface area contributed by atoms with Crippen molar-refractivity contribution in [1.82, 2.24) is 15.5 Å². The van der Waals surface area contributed by atoms with Crippen molar-refractivity contribution in [3.05, 3.63) is 57.2 Å². The molecule has 0 unspecified atom stereocenters. The number of carbonyl (C=O) groups excluding carboxylic acids is 2. The average molecular weight is 392 g/mol. The number of hydrogen-bond donors (Lipinski definition) is 2. The van der Waals surface area contributed by atoms with Crippen molar-refractivity contribution in [3.8, 4) is 0 Å². The van der Waals surface area contributed by atoms with Gasteiger partial charge in [-0.25, -0.2) is 0 Å². The molecule has 138 valence electrons. The van der Waals surface area contributed by atoms with E-state index in [4.69, 9.17) is 11.6 Å². The Bertz CT molecular complexity index is 766. The first kappa shape index (κ1) is 18.9. The Balaban J connectivity index is 1.47. The van der Waals surface area contributed by atoms with Gasteiger partial charge in [-0.2, -0.15) is 0 Å². The number of carbonyl (C=O) groups is 2. The largest absolute Gasteiger partial charge is 0.354 e. The second kappa shape index (κ2) is 8.66. The Labute approximate surface area is 162 Å². The van der Waals surface area contributed by atoms with Crippen LogP contribution in [0, 0.1) is 0 Å². The average Bonchev–Trinajstić information content (AvgIpc) is 3.26. The fourth-order valence-corrected chi connectivity index (χ4v) is 4.07. The molecule has 2 atom stereocenters. The van der Waals surface area contributed by atoms with Gasteiger partial charge >= 0.3 is 0 Å². The normalized spacial score (nSPS) is 20.1. The zero-order valence-electron chi connectivity index (χ0n) is 14.6. The molecule has 2 amide bonds. The van der Waals surface area contributed by atoms with Crippen LogP contribution in [0.1, 0.15) is 21.7 Å². The fraction of sp³-hybridized carbons (Fsp3) is 0.368. The molecule has 1 fully saturated rings. The van der Waals surface area contributed by atoms with E-state index < -0.39 is 0 Å². The lowest BCUT2D eigenvalue weighted by Gasteiger charge is -2.18. The van der Waals surface area contributed by atoms with Crippen LogP contribution in [-0.2, 0) is 11.2 Å². The maximum atomic E-state index is 12.5. The quantitative estimate of drug-likeness (QED) is 0.795. The summed E-state index contributed by atoms with van der Waals surface area (Å²) in [5.41, 5.74) is 1.02. The molecule has 1 saturated heterocycles. The number of nitrogens with zero attached hydrogens (tertiary/aromatic N) is 1. The zero-order valence-corrected chi connectivity index (χ0v) is 16.1. The van der Waals surface area contributed by atoms with E-state index in [2.05, 4.69) is 10.6 Å². The maximum absolute atomic E-state index is 12.5. The van der Waals surface area contributed by atoms with E-state index in [1.807, 2.05) is 47.7 Å². The minimum absolute atomic E-state index is 0.00701. The molecule has 0 aliphatic carbocycles. The summed E-state index contributed by atoms with van der Waals surface area (Å²) in [7, 11) is 1.91. The molecular formula is C19H22ClN3O2S. The Morgan fingerprint density at radius 3 is 2.81 bits per heavy atom. The number of halogens is 1. The number of benzene rings is 1. The second-order valence-corrected chi connectivity index (χ2v) is 7.83. The van der Waals surface area contributed by atoms with Gasteiger partial charge in [0.25, 0.3) is 5.91 Å². The fourth-order valence-electron chi connectivity index (χ4n) is 3.21. The molecule has 5 nitrogen and oxygen atoms in total. The predicted molar refractivity (Wildman–Crippen MR) is 105 cm³/mol. The molecule has 2 heterocycles. The number of rotatable bonds is 6. The molecule has 2 aromatic rings. The predicted octanol–water partition coefficient (Wildman–Crippen LogP) is 2.56. The molecule has 0 spiro atoms. The van der Waals surface area contributed by atoms with Gasteiger partial charge in [0, 0.05) is 24.2 Å². The standard InChI is InChI=1S/C19H22ClN3O2S/c1-23-12-14(22-19(25)17-7-4-10-26-17)11-16(23)18(24)21-9-8-13-5-2-3-6-15(13)20/h2-7,10,14,16H,8-9,11-12H2,1H3,(H,21,24)(H,22,25)/t14-,16-/m0/s1. The highest BCUT2D eigenvalue weighted by Gasteiger charge is 2.35. The van der Waals surface area contributed by atoms with E-state index in [-0.39, 0.29) is 23.9 Å². The van der Waals surface area contributed by atoms with Crippen molar-refractivity contribution in [2.45, 2.75) is 24.9 Å². The first-order valence-electron chi connectivity index (χ1n) is 8.60. The summed E-state index contributed by atoms with van der Waals surface area (Å²) in [4.78, 5) is 27.4. The van der Waals surface area contributed by atoms with Gasteiger partial charge in [0.1, 0.15) is 0 Å². The number of thiophene rings is 1. The maximum Gasteiger partial charge on any atom is 0.261 e. The van der Waals surface area contributed by atoms with Crippen LogP contribution in [0.2, 0.25) is 5.02 Å². The lowest BCUT2D eigenvalue weighted by molar-refractivity contribution is -0.125. The van der Waals surface area contributed by atoms with E-state index in [1.165, 1.54) is 11.3 Å². The SMILES string of the molecule is CN1C[C@@H](NC(=O)c2cccs2)C[C@H]1C(=O)NCCc1ccccc1Cl. The third kappa shape index (κ3) is 4.63. The highest BCUT2D eigenvalue weighted by molar-refractivity contribution is 7.12. The lowest BCUT2D eigenvalue weighted by Crippen LogP contribution is -2.42. The van der Waals surface area contributed by atoms with Crippen LogP contribution in [0.25, 0.3) is 0 Å². The molecule has 0 saturated carbocycles. The summed E-state index contributed by atoms with van der Waals surface area (Å²) in [6, 6.07) is 11.1. The molecule has 0 radical (unpaired) electrons. The van der Waals surface area contributed by atoms with Crippen LogP contribution >= 0.6 is 22.9 Å². The van der Waals surface area contributed by atoms with Crippen LogP contribution in [-0.4, -0.2) is 48.9 Å². The first-order chi connectivity index (χ1) is 12.5. The Morgan fingerprint density at radius 1 is 1.27 bits per heavy atom. The minimum atomic E-state index is -0.227. The summed E-state index contributed by atoms with van der Waals surface area (Å²) in [5, 5.41) is 8.60. The van der Waals surface area contributed by atoms with Crippen molar-refractivity contribution >= 4 is 34.8 Å². The smallest absolute Gasteiger partial charge is 0.261 e. The summed E-state index contributed by atoms with van der Waals surface area (Å²) >= 11 is 7.56. The minimum Gasteiger partial charge on any atom is -0.354 e. The summed E-state index contributed by atoms with van der Waals surface area (Å²) in [6.07, 6.45) is 1.31. The molecule has 1 aromatic carbocycles. The van der Waals surface area contributed by atoms with E-state index in [9.17, 15) is 9.59 Å². The van der Waals surface area contributed by atoms with E-state index in [0.29, 0.717) is 30.8 Å².